The predicted molar refractivity (Wildman–Crippen MR) is 96.0 cm³/mol. The lowest BCUT2D eigenvalue weighted by atomic mass is 10.2. The molecule has 0 radical (unpaired) electrons. The highest BCUT2D eigenvalue weighted by molar-refractivity contribution is 6.33. The molecule has 0 aliphatic heterocycles. The fraction of sp³-hybridized carbons (Fsp3) is 0.211. The zero-order valence-corrected chi connectivity index (χ0v) is 13.8. The summed E-state index contributed by atoms with van der Waals surface area (Å²) in [6, 6.07) is 14.8. The molecule has 2 aromatic carbocycles. The van der Waals surface area contributed by atoms with Crippen molar-refractivity contribution in [3.05, 3.63) is 65.2 Å². The second-order valence-electron chi connectivity index (χ2n) is 5.07. The van der Waals surface area contributed by atoms with Crippen LogP contribution in [0.4, 0.5) is 5.69 Å². The summed E-state index contributed by atoms with van der Waals surface area (Å²) in [5, 5.41) is 3.26. The fourth-order valence-corrected chi connectivity index (χ4v) is 2.10. The molecule has 0 saturated heterocycles. The standard InChI is InChI=1S/C19H20ClNO2/c1-2-3-14-23-16-11-8-15(9-12-16)10-13-19(22)21-18-7-5-4-6-17(18)20/h4-13H,2-3,14H2,1H3,(H,21,22)/b13-10+. The van der Waals surface area contributed by atoms with Gasteiger partial charge in [0.1, 0.15) is 5.75 Å². The summed E-state index contributed by atoms with van der Waals surface area (Å²) >= 11 is 6.00. The van der Waals surface area contributed by atoms with Gasteiger partial charge in [0.05, 0.1) is 17.3 Å². The molecule has 2 rings (SSSR count). The Balaban J connectivity index is 1.89. The number of para-hydroxylation sites is 1. The molecular weight excluding hydrogens is 310 g/mol. The van der Waals surface area contributed by atoms with Gasteiger partial charge in [-0.25, -0.2) is 0 Å². The van der Waals surface area contributed by atoms with Gasteiger partial charge in [0.2, 0.25) is 5.91 Å². The largest absolute Gasteiger partial charge is 0.494 e. The van der Waals surface area contributed by atoms with Crippen LogP contribution in [0.3, 0.4) is 0 Å². The molecule has 2 aromatic rings. The lowest BCUT2D eigenvalue weighted by Gasteiger charge is -2.05. The molecule has 0 aliphatic rings. The van der Waals surface area contributed by atoms with E-state index >= 15 is 0 Å². The van der Waals surface area contributed by atoms with Crippen LogP contribution in [0.25, 0.3) is 6.08 Å². The van der Waals surface area contributed by atoms with Crippen LogP contribution >= 0.6 is 11.6 Å². The highest BCUT2D eigenvalue weighted by atomic mass is 35.5. The number of benzene rings is 2. The summed E-state index contributed by atoms with van der Waals surface area (Å²) in [4.78, 5) is 11.9. The van der Waals surface area contributed by atoms with Gasteiger partial charge in [-0.05, 0) is 42.3 Å². The van der Waals surface area contributed by atoms with Crippen molar-refractivity contribution < 1.29 is 9.53 Å². The maximum atomic E-state index is 11.9. The predicted octanol–water partition coefficient (Wildman–Crippen LogP) is 5.17. The lowest BCUT2D eigenvalue weighted by Crippen LogP contribution is -2.07. The number of nitrogens with one attached hydrogen (secondary N) is 1. The topological polar surface area (TPSA) is 38.3 Å². The van der Waals surface area contributed by atoms with Crippen LogP contribution in [0, 0.1) is 0 Å². The van der Waals surface area contributed by atoms with Crippen molar-refractivity contribution in [2.24, 2.45) is 0 Å². The summed E-state index contributed by atoms with van der Waals surface area (Å²) in [6.07, 6.45) is 5.39. The van der Waals surface area contributed by atoms with Crippen LogP contribution in [0.15, 0.2) is 54.6 Å². The average molecular weight is 330 g/mol. The van der Waals surface area contributed by atoms with E-state index in [-0.39, 0.29) is 5.91 Å². The normalized spacial score (nSPS) is 10.7. The van der Waals surface area contributed by atoms with Crippen LogP contribution in [0.5, 0.6) is 5.75 Å². The summed E-state index contributed by atoms with van der Waals surface area (Å²) < 4.78 is 5.60. The molecule has 3 nitrogen and oxygen atoms in total. The number of anilines is 1. The van der Waals surface area contributed by atoms with Crippen molar-refractivity contribution in [1.82, 2.24) is 0 Å². The van der Waals surface area contributed by atoms with Crippen LogP contribution < -0.4 is 10.1 Å². The Morgan fingerprint density at radius 2 is 1.91 bits per heavy atom. The minimum Gasteiger partial charge on any atom is -0.494 e. The van der Waals surface area contributed by atoms with Gasteiger partial charge in [0, 0.05) is 6.08 Å². The van der Waals surface area contributed by atoms with Gasteiger partial charge in [0.25, 0.3) is 0 Å². The third kappa shape index (κ3) is 5.80. The van der Waals surface area contributed by atoms with E-state index in [2.05, 4.69) is 12.2 Å². The zero-order chi connectivity index (χ0) is 16.5. The van der Waals surface area contributed by atoms with E-state index in [4.69, 9.17) is 16.3 Å². The van der Waals surface area contributed by atoms with Crippen molar-refractivity contribution in [3.8, 4) is 5.75 Å². The Kier molecular flexibility index (Phi) is 6.70. The van der Waals surface area contributed by atoms with E-state index in [9.17, 15) is 4.79 Å². The molecule has 0 bridgehead atoms. The molecule has 0 fully saturated rings. The molecule has 0 aliphatic carbocycles. The van der Waals surface area contributed by atoms with Gasteiger partial charge < -0.3 is 10.1 Å². The first kappa shape index (κ1) is 17.1. The van der Waals surface area contributed by atoms with Crippen LogP contribution in [0.1, 0.15) is 25.3 Å². The molecule has 0 unspecified atom stereocenters. The highest BCUT2D eigenvalue weighted by Gasteiger charge is 2.01. The van der Waals surface area contributed by atoms with Gasteiger partial charge >= 0.3 is 0 Å². The third-order valence-electron chi connectivity index (χ3n) is 3.21. The van der Waals surface area contributed by atoms with E-state index in [0.717, 1.165) is 30.8 Å². The van der Waals surface area contributed by atoms with E-state index in [1.165, 1.54) is 6.08 Å². The Morgan fingerprint density at radius 1 is 1.17 bits per heavy atom. The molecule has 120 valence electrons. The van der Waals surface area contributed by atoms with Gasteiger partial charge in [-0.2, -0.15) is 0 Å². The van der Waals surface area contributed by atoms with Gasteiger partial charge in [-0.15, -0.1) is 0 Å². The van der Waals surface area contributed by atoms with Crippen LogP contribution in [-0.4, -0.2) is 12.5 Å². The Morgan fingerprint density at radius 3 is 2.61 bits per heavy atom. The lowest BCUT2D eigenvalue weighted by molar-refractivity contribution is -0.111. The number of hydrogen-bond donors (Lipinski definition) is 1. The summed E-state index contributed by atoms with van der Waals surface area (Å²) in [6.45, 7) is 2.86. The molecule has 1 amide bonds. The Labute approximate surface area is 141 Å². The quantitative estimate of drug-likeness (QED) is 0.562. The van der Waals surface area contributed by atoms with E-state index in [0.29, 0.717) is 10.7 Å². The number of rotatable bonds is 7. The van der Waals surface area contributed by atoms with Crippen molar-refractivity contribution in [2.45, 2.75) is 19.8 Å². The van der Waals surface area contributed by atoms with E-state index in [1.807, 2.05) is 36.4 Å². The molecule has 0 saturated carbocycles. The van der Waals surface area contributed by atoms with Crippen molar-refractivity contribution in [1.29, 1.82) is 0 Å². The Hall–Kier alpha value is -2.26. The molecule has 0 aromatic heterocycles. The van der Waals surface area contributed by atoms with Crippen LogP contribution in [0.2, 0.25) is 5.02 Å². The summed E-state index contributed by atoms with van der Waals surface area (Å²) in [7, 11) is 0. The SMILES string of the molecule is CCCCOc1ccc(/C=C/C(=O)Nc2ccccc2Cl)cc1. The fourth-order valence-electron chi connectivity index (χ4n) is 1.92. The summed E-state index contributed by atoms with van der Waals surface area (Å²) in [5.41, 5.74) is 1.53. The molecule has 0 spiro atoms. The number of amides is 1. The zero-order valence-electron chi connectivity index (χ0n) is 13.1. The number of ether oxygens (including phenoxy) is 1. The smallest absolute Gasteiger partial charge is 0.248 e. The Bertz CT molecular complexity index is 665. The number of carbonyl (C=O) groups is 1. The molecular formula is C19H20ClNO2. The van der Waals surface area contributed by atoms with Gasteiger partial charge in [0.15, 0.2) is 0 Å². The van der Waals surface area contributed by atoms with E-state index in [1.54, 1.807) is 18.2 Å². The highest BCUT2D eigenvalue weighted by Crippen LogP contribution is 2.20. The third-order valence-corrected chi connectivity index (χ3v) is 3.54. The first-order valence-corrected chi connectivity index (χ1v) is 8.03. The van der Waals surface area contributed by atoms with Gasteiger partial charge in [-0.3, -0.25) is 4.79 Å². The number of hydrogen-bond acceptors (Lipinski definition) is 2. The molecule has 23 heavy (non-hydrogen) atoms. The molecule has 0 heterocycles. The maximum Gasteiger partial charge on any atom is 0.248 e. The first-order chi connectivity index (χ1) is 11.2. The molecule has 4 heteroatoms. The van der Waals surface area contributed by atoms with Crippen molar-refractivity contribution >= 4 is 29.3 Å². The number of halogens is 1. The van der Waals surface area contributed by atoms with Crippen LogP contribution in [-0.2, 0) is 4.79 Å². The summed E-state index contributed by atoms with van der Waals surface area (Å²) in [5.74, 6) is 0.623. The van der Waals surface area contributed by atoms with E-state index < -0.39 is 0 Å². The average Bonchev–Trinajstić information content (AvgIpc) is 2.56. The number of carbonyl (C=O) groups excluding carboxylic acids is 1. The van der Waals surface area contributed by atoms with Gasteiger partial charge in [-0.1, -0.05) is 49.2 Å². The monoisotopic (exact) mass is 329 g/mol. The second-order valence-corrected chi connectivity index (χ2v) is 5.48. The van der Waals surface area contributed by atoms with Crippen molar-refractivity contribution in [3.63, 3.8) is 0 Å². The number of unbranched alkanes of at least 4 members (excludes halogenated alkanes) is 1. The minimum atomic E-state index is -0.221. The maximum absolute atomic E-state index is 11.9. The minimum absolute atomic E-state index is 0.221. The van der Waals surface area contributed by atoms with Crippen molar-refractivity contribution in [2.75, 3.05) is 11.9 Å². The molecule has 1 N–H and O–H groups in total. The molecule has 0 atom stereocenters. The first-order valence-electron chi connectivity index (χ1n) is 7.65. The second kappa shape index (κ2) is 9.01.